The predicted molar refractivity (Wildman–Crippen MR) is 72.2 cm³/mol. The van der Waals surface area contributed by atoms with Gasteiger partial charge in [-0.05, 0) is 19.2 Å². The maximum absolute atomic E-state index is 6.16. The molecule has 17 heavy (non-hydrogen) atoms. The quantitative estimate of drug-likeness (QED) is 0.901. The topological polar surface area (TPSA) is 32.6 Å². The van der Waals surface area contributed by atoms with Crippen molar-refractivity contribution < 1.29 is 0 Å². The monoisotopic (exact) mass is 252 g/mol. The van der Waals surface area contributed by atoms with Crippen molar-refractivity contribution in [2.75, 3.05) is 32.6 Å². The number of fused-ring (bicyclic) bond motifs is 1. The van der Waals surface area contributed by atoms with E-state index in [0.29, 0.717) is 5.15 Å². The van der Waals surface area contributed by atoms with Gasteiger partial charge in [-0.1, -0.05) is 11.6 Å². The van der Waals surface area contributed by atoms with Crippen molar-refractivity contribution >= 4 is 22.8 Å². The van der Waals surface area contributed by atoms with Crippen molar-refractivity contribution in [2.45, 2.75) is 6.42 Å². The summed E-state index contributed by atoms with van der Waals surface area (Å²) in [6.45, 7) is 0.894. The van der Waals surface area contributed by atoms with Gasteiger partial charge in [-0.15, -0.1) is 0 Å². The lowest BCUT2D eigenvalue weighted by molar-refractivity contribution is 0.753. The van der Waals surface area contributed by atoms with Crippen LogP contribution < -0.4 is 10.2 Å². The number of imidazole rings is 1. The van der Waals surface area contributed by atoms with Crippen molar-refractivity contribution in [1.82, 2.24) is 14.7 Å². The second-order valence-electron chi connectivity index (χ2n) is 4.21. The Morgan fingerprint density at radius 2 is 2.24 bits per heavy atom. The highest BCUT2D eigenvalue weighted by Crippen LogP contribution is 2.23. The Morgan fingerprint density at radius 3 is 2.88 bits per heavy atom. The lowest BCUT2D eigenvalue weighted by Gasteiger charge is -2.12. The summed E-state index contributed by atoms with van der Waals surface area (Å²) >= 11 is 6.16. The molecule has 0 saturated carbocycles. The Labute approximate surface area is 106 Å². The van der Waals surface area contributed by atoms with Gasteiger partial charge in [0, 0.05) is 38.9 Å². The molecule has 0 unspecified atom stereocenters. The number of nitrogens with one attached hydrogen (secondary N) is 1. The molecule has 0 spiro atoms. The van der Waals surface area contributed by atoms with E-state index in [2.05, 4.69) is 27.3 Å². The maximum atomic E-state index is 6.16. The number of hydrogen-bond donors (Lipinski definition) is 1. The molecule has 0 saturated heterocycles. The van der Waals surface area contributed by atoms with Gasteiger partial charge in [0.25, 0.3) is 0 Å². The fourth-order valence-corrected chi connectivity index (χ4v) is 2.03. The summed E-state index contributed by atoms with van der Waals surface area (Å²) in [7, 11) is 5.96. The standard InChI is InChI=1S/C12H17ClN4/c1-14-6-4-11-15-12(13)10-8-9(16(2)3)5-7-17(10)11/h5,7-8,14H,4,6H2,1-3H3. The highest BCUT2D eigenvalue weighted by atomic mass is 35.5. The number of aromatic nitrogens is 2. The minimum atomic E-state index is 0.569. The second-order valence-corrected chi connectivity index (χ2v) is 4.57. The molecule has 2 heterocycles. The summed E-state index contributed by atoms with van der Waals surface area (Å²) < 4.78 is 2.05. The molecule has 0 atom stereocenters. The zero-order valence-corrected chi connectivity index (χ0v) is 11.1. The van der Waals surface area contributed by atoms with Gasteiger partial charge >= 0.3 is 0 Å². The SMILES string of the molecule is CNCCc1nc(Cl)c2cc(N(C)C)ccn12. The molecule has 5 heteroatoms. The van der Waals surface area contributed by atoms with E-state index in [1.165, 1.54) is 0 Å². The molecule has 2 rings (SSSR count). The molecule has 2 aromatic rings. The number of likely N-dealkylation sites (N-methyl/N-ethyl adjacent to an activating group) is 1. The molecule has 2 aromatic heterocycles. The molecule has 0 fully saturated rings. The van der Waals surface area contributed by atoms with Crippen molar-refractivity contribution in [3.8, 4) is 0 Å². The summed E-state index contributed by atoms with van der Waals surface area (Å²) in [5.41, 5.74) is 2.09. The summed E-state index contributed by atoms with van der Waals surface area (Å²) in [5.74, 6) is 0.990. The summed E-state index contributed by atoms with van der Waals surface area (Å²) in [4.78, 5) is 6.45. The number of pyridine rings is 1. The number of nitrogens with zero attached hydrogens (tertiary/aromatic N) is 3. The fourth-order valence-electron chi connectivity index (χ4n) is 1.79. The van der Waals surface area contributed by atoms with Gasteiger partial charge in [0.05, 0.1) is 5.52 Å². The number of anilines is 1. The third-order valence-electron chi connectivity index (χ3n) is 2.77. The molecule has 0 aliphatic carbocycles. The molecule has 0 aromatic carbocycles. The summed E-state index contributed by atoms with van der Waals surface area (Å²) in [5, 5.41) is 3.68. The first-order valence-electron chi connectivity index (χ1n) is 5.62. The molecule has 1 N–H and O–H groups in total. The Bertz CT molecular complexity index is 518. The van der Waals surface area contributed by atoms with E-state index in [9.17, 15) is 0 Å². The van der Waals surface area contributed by atoms with Gasteiger partial charge in [0.1, 0.15) is 5.82 Å². The highest BCUT2D eigenvalue weighted by molar-refractivity contribution is 6.32. The first kappa shape index (κ1) is 12.2. The van der Waals surface area contributed by atoms with Crippen molar-refractivity contribution in [3.05, 3.63) is 29.3 Å². The third-order valence-corrected chi connectivity index (χ3v) is 3.05. The van der Waals surface area contributed by atoms with Gasteiger partial charge in [-0.25, -0.2) is 4.98 Å². The number of halogens is 1. The van der Waals surface area contributed by atoms with Crippen LogP contribution >= 0.6 is 11.6 Å². The first-order valence-corrected chi connectivity index (χ1v) is 5.99. The molecule has 0 aliphatic rings. The van der Waals surface area contributed by atoms with Gasteiger partial charge in [0.2, 0.25) is 0 Å². The Hall–Kier alpha value is -1.26. The third kappa shape index (κ3) is 2.37. The zero-order valence-electron chi connectivity index (χ0n) is 10.4. The fraction of sp³-hybridized carbons (Fsp3) is 0.417. The van der Waals surface area contributed by atoms with Gasteiger partial charge < -0.3 is 14.6 Å². The molecular formula is C12H17ClN4. The predicted octanol–water partition coefficient (Wildman–Crippen LogP) is 1.82. The van der Waals surface area contributed by atoms with Crippen LogP contribution in [0.2, 0.25) is 5.15 Å². The van der Waals surface area contributed by atoms with E-state index in [0.717, 1.165) is 30.0 Å². The van der Waals surface area contributed by atoms with Crippen LogP contribution in [0.5, 0.6) is 0 Å². The first-order chi connectivity index (χ1) is 8.13. The van der Waals surface area contributed by atoms with Crippen LogP contribution in [0.3, 0.4) is 0 Å². The van der Waals surface area contributed by atoms with Crippen molar-refractivity contribution in [2.24, 2.45) is 0 Å². The van der Waals surface area contributed by atoms with Crippen LogP contribution in [0, 0.1) is 0 Å². The molecule has 92 valence electrons. The van der Waals surface area contributed by atoms with E-state index in [1.54, 1.807) is 0 Å². The average Bonchev–Trinajstić information content (AvgIpc) is 2.63. The van der Waals surface area contributed by atoms with Crippen LogP contribution in [0.15, 0.2) is 18.3 Å². The van der Waals surface area contributed by atoms with E-state index in [-0.39, 0.29) is 0 Å². The molecule has 0 radical (unpaired) electrons. The van der Waals surface area contributed by atoms with Crippen LogP contribution in [0.4, 0.5) is 5.69 Å². The molecular weight excluding hydrogens is 236 g/mol. The van der Waals surface area contributed by atoms with Crippen LogP contribution in [-0.2, 0) is 6.42 Å². The summed E-state index contributed by atoms with van der Waals surface area (Å²) in [6.07, 6.45) is 2.89. The smallest absolute Gasteiger partial charge is 0.155 e. The van der Waals surface area contributed by atoms with E-state index >= 15 is 0 Å². The second kappa shape index (κ2) is 4.94. The lowest BCUT2D eigenvalue weighted by atomic mass is 10.3. The van der Waals surface area contributed by atoms with Crippen LogP contribution in [-0.4, -0.2) is 37.1 Å². The van der Waals surface area contributed by atoms with E-state index in [4.69, 9.17) is 11.6 Å². The molecule has 4 nitrogen and oxygen atoms in total. The number of hydrogen-bond acceptors (Lipinski definition) is 3. The average molecular weight is 253 g/mol. The van der Waals surface area contributed by atoms with E-state index < -0.39 is 0 Å². The molecule has 0 amide bonds. The van der Waals surface area contributed by atoms with Crippen LogP contribution in [0.1, 0.15) is 5.82 Å². The van der Waals surface area contributed by atoms with Crippen molar-refractivity contribution in [1.29, 1.82) is 0 Å². The van der Waals surface area contributed by atoms with Gasteiger partial charge in [-0.2, -0.15) is 0 Å². The van der Waals surface area contributed by atoms with Gasteiger partial charge in [-0.3, -0.25) is 0 Å². The van der Waals surface area contributed by atoms with Gasteiger partial charge in [0.15, 0.2) is 5.15 Å². The normalized spacial score (nSPS) is 11.1. The molecule has 0 aliphatic heterocycles. The lowest BCUT2D eigenvalue weighted by Crippen LogP contribution is -2.12. The van der Waals surface area contributed by atoms with Crippen LogP contribution in [0.25, 0.3) is 5.52 Å². The minimum absolute atomic E-state index is 0.569. The minimum Gasteiger partial charge on any atom is -0.378 e. The highest BCUT2D eigenvalue weighted by Gasteiger charge is 2.09. The zero-order chi connectivity index (χ0) is 12.4. The Balaban J connectivity index is 2.45. The molecule has 0 bridgehead atoms. The van der Waals surface area contributed by atoms with Crippen molar-refractivity contribution in [3.63, 3.8) is 0 Å². The largest absolute Gasteiger partial charge is 0.378 e. The summed E-state index contributed by atoms with van der Waals surface area (Å²) in [6, 6.07) is 4.12. The Morgan fingerprint density at radius 1 is 1.47 bits per heavy atom. The van der Waals surface area contributed by atoms with E-state index in [1.807, 2.05) is 31.7 Å². The number of rotatable bonds is 4. The Kier molecular flexibility index (Phi) is 3.54. The maximum Gasteiger partial charge on any atom is 0.155 e.